The van der Waals surface area contributed by atoms with Gasteiger partial charge in [0.15, 0.2) is 5.66 Å². The number of guanidine groups is 2. The summed E-state index contributed by atoms with van der Waals surface area (Å²) < 4.78 is 6.11. The quantitative estimate of drug-likeness (QED) is 0.589. The summed E-state index contributed by atoms with van der Waals surface area (Å²) in [6, 6.07) is 6.50. The van der Waals surface area contributed by atoms with Gasteiger partial charge in [-0.15, -0.1) is 17.0 Å². The van der Waals surface area contributed by atoms with Gasteiger partial charge in [-0.1, -0.05) is 53.7 Å². The first-order valence-corrected chi connectivity index (χ1v) is 10.1. The molecule has 0 amide bonds. The monoisotopic (exact) mass is 483 g/mol. The minimum absolute atomic E-state index is 0. The van der Waals surface area contributed by atoms with E-state index in [-0.39, 0.29) is 39.7 Å². The Morgan fingerprint density at radius 2 is 1.63 bits per heavy atom. The molecule has 30 heavy (non-hydrogen) atoms. The Hall–Kier alpha value is -1.80. The number of benzene rings is 1. The Kier molecular flexibility index (Phi) is 8.36. The van der Waals surface area contributed by atoms with Gasteiger partial charge in [-0.05, 0) is 41.9 Å². The molecule has 0 atom stereocenters. The zero-order valence-corrected chi connectivity index (χ0v) is 21.3. The molecule has 0 spiro atoms. The van der Waals surface area contributed by atoms with Crippen LogP contribution in [0.2, 0.25) is 0 Å². The molecule has 1 heterocycles. The number of halogens is 1. The molecule has 0 saturated carbocycles. The van der Waals surface area contributed by atoms with E-state index in [1.807, 2.05) is 13.8 Å². The zero-order chi connectivity index (χ0) is 22.0. The summed E-state index contributed by atoms with van der Waals surface area (Å²) in [6.45, 7) is 18.0. The Bertz CT molecular complexity index is 792. The van der Waals surface area contributed by atoms with Crippen LogP contribution in [0.5, 0.6) is 5.75 Å². The first-order chi connectivity index (χ1) is 13.2. The van der Waals surface area contributed by atoms with Crippen LogP contribution in [-0.2, 0) is 15.7 Å². The molecular formula is C22H38BrN5O2. The van der Waals surface area contributed by atoms with Gasteiger partial charge in [0, 0.05) is 6.42 Å². The summed E-state index contributed by atoms with van der Waals surface area (Å²) in [5.74, 6) is 1.28. The van der Waals surface area contributed by atoms with Crippen LogP contribution in [0.3, 0.4) is 0 Å². The van der Waals surface area contributed by atoms with Crippen LogP contribution >= 0.6 is 17.0 Å². The molecule has 7 nitrogen and oxygen atoms in total. The van der Waals surface area contributed by atoms with Crippen molar-refractivity contribution in [3.8, 4) is 5.75 Å². The summed E-state index contributed by atoms with van der Waals surface area (Å²) in [6.07, 6.45) is 0.698. The lowest BCUT2D eigenvalue weighted by molar-refractivity contribution is -0.158. The molecule has 0 radical (unpaired) electrons. The van der Waals surface area contributed by atoms with E-state index in [4.69, 9.17) is 21.0 Å². The van der Waals surface area contributed by atoms with E-state index in [0.717, 1.165) is 5.75 Å². The highest BCUT2D eigenvalue weighted by Gasteiger charge is 2.33. The number of aliphatic imine (C=N–C) groups is 2. The van der Waals surface area contributed by atoms with Crippen molar-refractivity contribution in [3.05, 3.63) is 29.3 Å². The van der Waals surface area contributed by atoms with Crippen LogP contribution in [0.4, 0.5) is 0 Å². The third-order valence-corrected chi connectivity index (χ3v) is 4.74. The van der Waals surface area contributed by atoms with Gasteiger partial charge in [0.05, 0.1) is 13.2 Å². The SMILES string of the molecule is Br.CC(C)(C)c1ccc(OCCCON2C(N)=NC(N)=NC2(C)C)c(C(C)(C)C)c1. The van der Waals surface area contributed by atoms with E-state index < -0.39 is 5.66 Å². The fourth-order valence-electron chi connectivity index (χ4n) is 3.12. The summed E-state index contributed by atoms with van der Waals surface area (Å²) >= 11 is 0. The fraction of sp³-hybridized carbons (Fsp3) is 0.636. The molecule has 1 aliphatic rings. The second-order valence-corrected chi connectivity index (χ2v) is 9.97. The molecule has 170 valence electrons. The summed E-state index contributed by atoms with van der Waals surface area (Å²) in [4.78, 5) is 14.0. The van der Waals surface area contributed by atoms with Gasteiger partial charge in [0.25, 0.3) is 0 Å². The average Bonchev–Trinajstić information content (AvgIpc) is 2.54. The number of hydrogen-bond acceptors (Lipinski definition) is 7. The predicted molar refractivity (Wildman–Crippen MR) is 129 cm³/mol. The number of nitrogens with zero attached hydrogens (tertiary/aromatic N) is 3. The largest absolute Gasteiger partial charge is 0.493 e. The first-order valence-electron chi connectivity index (χ1n) is 10.1. The topological polar surface area (TPSA) is 98.5 Å². The second kappa shape index (κ2) is 9.56. The van der Waals surface area contributed by atoms with Crippen molar-refractivity contribution >= 4 is 28.9 Å². The molecule has 1 aliphatic heterocycles. The molecule has 0 saturated heterocycles. The molecule has 0 aliphatic carbocycles. The van der Waals surface area contributed by atoms with Crippen molar-refractivity contribution in [1.82, 2.24) is 5.06 Å². The van der Waals surface area contributed by atoms with E-state index in [0.29, 0.717) is 19.6 Å². The van der Waals surface area contributed by atoms with E-state index in [1.54, 1.807) is 0 Å². The molecule has 0 unspecified atom stereocenters. The number of ether oxygens (including phenoxy) is 1. The molecule has 4 N–H and O–H groups in total. The Morgan fingerprint density at radius 3 is 2.17 bits per heavy atom. The lowest BCUT2D eigenvalue weighted by Gasteiger charge is -2.36. The molecular weight excluding hydrogens is 446 g/mol. The highest BCUT2D eigenvalue weighted by Crippen LogP contribution is 2.35. The van der Waals surface area contributed by atoms with Gasteiger partial charge in [-0.3, -0.25) is 4.84 Å². The maximum atomic E-state index is 6.11. The maximum absolute atomic E-state index is 6.11. The Labute approximate surface area is 191 Å². The summed E-state index contributed by atoms with van der Waals surface area (Å²) in [5, 5.41) is 1.49. The first kappa shape index (κ1) is 26.2. The van der Waals surface area contributed by atoms with Crippen LogP contribution in [0.1, 0.15) is 72.9 Å². The highest BCUT2D eigenvalue weighted by atomic mass is 79.9. The number of rotatable bonds is 6. The molecule has 0 bridgehead atoms. The summed E-state index contributed by atoms with van der Waals surface area (Å²) in [7, 11) is 0. The number of nitrogens with two attached hydrogens (primary N) is 2. The van der Waals surface area contributed by atoms with E-state index >= 15 is 0 Å². The number of hydroxylamine groups is 2. The summed E-state index contributed by atoms with van der Waals surface area (Å²) in [5.41, 5.74) is 13.5. The molecule has 1 aromatic carbocycles. The predicted octanol–water partition coefficient (Wildman–Crippen LogP) is 4.24. The molecule has 8 heteroatoms. The molecule has 0 fully saturated rings. The Morgan fingerprint density at radius 1 is 1.00 bits per heavy atom. The van der Waals surface area contributed by atoms with Crippen molar-refractivity contribution in [2.45, 2.75) is 78.3 Å². The van der Waals surface area contributed by atoms with Gasteiger partial charge in [0.2, 0.25) is 11.9 Å². The fourth-order valence-corrected chi connectivity index (χ4v) is 3.12. The van der Waals surface area contributed by atoms with Crippen molar-refractivity contribution in [2.24, 2.45) is 21.5 Å². The van der Waals surface area contributed by atoms with Crippen LogP contribution in [0.15, 0.2) is 28.2 Å². The van der Waals surface area contributed by atoms with Gasteiger partial charge in [-0.25, -0.2) is 4.99 Å². The lowest BCUT2D eigenvalue weighted by Crippen LogP contribution is -2.53. The van der Waals surface area contributed by atoms with Crippen molar-refractivity contribution in [1.29, 1.82) is 0 Å². The van der Waals surface area contributed by atoms with Crippen LogP contribution in [-0.4, -0.2) is 35.9 Å². The van der Waals surface area contributed by atoms with Crippen LogP contribution in [0.25, 0.3) is 0 Å². The third-order valence-electron chi connectivity index (χ3n) is 4.74. The standard InChI is InChI=1S/C22H37N5O2.BrH/c1-20(2,3)15-10-11-17(16(14-15)21(4,5)6)28-12-9-13-29-27-19(24)25-18(23)26-22(27,7)8;/h10-11,14H,9,12-13H2,1-8H3,(H4,23,24,25,26);1H. The molecule has 1 aromatic rings. The third kappa shape index (κ3) is 6.60. The van der Waals surface area contributed by atoms with E-state index in [9.17, 15) is 0 Å². The smallest absolute Gasteiger partial charge is 0.226 e. The van der Waals surface area contributed by atoms with Crippen LogP contribution in [0, 0.1) is 0 Å². The highest BCUT2D eigenvalue weighted by molar-refractivity contribution is 8.93. The molecule has 0 aromatic heterocycles. The minimum Gasteiger partial charge on any atom is -0.493 e. The second-order valence-electron chi connectivity index (χ2n) is 9.97. The van der Waals surface area contributed by atoms with Crippen molar-refractivity contribution < 1.29 is 9.57 Å². The normalized spacial score (nSPS) is 16.5. The minimum atomic E-state index is -0.695. The zero-order valence-electron chi connectivity index (χ0n) is 19.6. The van der Waals surface area contributed by atoms with Crippen molar-refractivity contribution in [3.63, 3.8) is 0 Å². The molecule has 2 rings (SSSR count). The van der Waals surface area contributed by atoms with Gasteiger partial charge in [0.1, 0.15) is 5.75 Å². The van der Waals surface area contributed by atoms with E-state index in [2.05, 4.69) is 69.7 Å². The van der Waals surface area contributed by atoms with Gasteiger partial charge < -0.3 is 16.2 Å². The van der Waals surface area contributed by atoms with Gasteiger partial charge >= 0.3 is 0 Å². The number of hydrogen-bond donors (Lipinski definition) is 2. The van der Waals surface area contributed by atoms with E-state index in [1.165, 1.54) is 16.2 Å². The Balaban J connectivity index is 0.00000450. The lowest BCUT2D eigenvalue weighted by atomic mass is 9.80. The average molecular weight is 484 g/mol. The van der Waals surface area contributed by atoms with Crippen LogP contribution < -0.4 is 16.2 Å². The van der Waals surface area contributed by atoms with Gasteiger partial charge in [-0.2, -0.15) is 10.1 Å². The van der Waals surface area contributed by atoms with Crippen molar-refractivity contribution in [2.75, 3.05) is 13.2 Å². The maximum Gasteiger partial charge on any atom is 0.226 e.